The minimum atomic E-state index is 0.872. The second-order valence-electron chi connectivity index (χ2n) is 3.68. The molecule has 0 atom stereocenters. The van der Waals surface area contributed by atoms with E-state index in [1.165, 1.54) is 19.3 Å². The van der Waals surface area contributed by atoms with Gasteiger partial charge in [0.1, 0.15) is 4.60 Å². The van der Waals surface area contributed by atoms with Crippen molar-refractivity contribution in [2.45, 2.75) is 26.2 Å². The van der Waals surface area contributed by atoms with Crippen LogP contribution in [0.5, 0.6) is 0 Å². The number of nitrogens with zero attached hydrogens (tertiary/aromatic N) is 3. The Balaban J connectivity index is 2.21. The van der Waals surface area contributed by atoms with Crippen LogP contribution in [0.1, 0.15) is 25.0 Å². The fourth-order valence-electron chi connectivity index (χ4n) is 1.75. The first-order valence-corrected chi connectivity index (χ1v) is 5.81. The van der Waals surface area contributed by atoms with Crippen molar-refractivity contribution >= 4 is 21.9 Å². The lowest BCUT2D eigenvalue weighted by Gasteiger charge is -2.26. The quantitative estimate of drug-likeness (QED) is 0.723. The zero-order valence-electron chi connectivity index (χ0n) is 8.33. The summed E-state index contributed by atoms with van der Waals surface area (Å²) in [7, 11) is 0. The Morgan fingerprint density at radius 1 is 1.21 bits per heavy atom. The molecule has 0 unspecified atom stereocenters. The Morgan fingerprint density at radius 2 is 1.93 bits per heavy atom. The molecule has 0 amide bonds. The smallest absolute Gasteiger partial charge is 0.226 e. The molecule has 2 heterocycles. The van der Waals surface area contributed by atoms with Crippen LogP contribution in [-0.2, 0) is 0 Å². The molecule has 1 saturated heterocycles. The van der Waals surface area contributed by atoms with E-state index >= 15 is 0 Å². The predicted molar refractivity (Wildman–Crippen MR) is 60.5 cm³/mol. The molecule has 4 heteroatoms. The van der Waals surface area contributed by atoms with Crippen LogP contribution < -0.4 is 4.90 Å². The van der Waals surface area contributed by atoms with Gasteiger partial charge in [-0.1, -0.05) is 0 Å². The molecule has 0 spiro atoms. The van der Waals surface area contributed by atoms with Gasteiger partial charge < -0.3 is 4.90 Å². The summed E-state index contributed by atoms with van der Waals surface area (Å²) in [5, 5.41) is 0. The maximum atomic E-state index is 4.44. The van der Waals surface area contributed by atoms with E-state index < -0.39 is 0 Å². The molecule has 3 nitrogen and oxygen atoms in total. The molecule has 0 N–H and O–H groups in total. The number of halogens is 1. The number of aromatic nitrogens is 2. The Morgan fingerprint density at radius 3 is 2.57 bits per heavy atom. The molecule has 0 radical (unpaired) electrons. The van der Waals surface area contributed by atoms with Gasteiger partial charge in [0.15, 0.2) is 0 Å². The first kappa shape index (κ1) is 9.90. The van der Waals surface area contributed by atoms with Crippen molar-refractivity contribution in [3.63, 3.8) is 0 Å². The van der Waals surface area contributed by atoms with Gasteiger partial charge in [0, 0.05) is 18.8 Å². The van der Waals surface area contributed by atoms with Gasteiger partial charge in [-0.2, -0.15) is 0 Å². The second-order valence-corrected chi connectivity index (χ2v) is 4.49. The molecule has 0 saturated carbocycles. The van der Waals surface area contributed by atoms with Gasteiger partial charge in [0.05, 0.1) is 0 Å². The molecule has 1 aliphatic heterocycles. The van der Waals surface area contributed by atoms with Crippen molar-refractivity contribution in [2.24, 2.45) is 0 Å². The summed E-state index contributed by atoms with van der Waals surface area (Å²) >= 11 is 3.40. The van der Waals surface area contributed by atoms with Crippen molar-refractivity contribution in [3.05, 3.63) is 16.4 Å². The van der Waals surface area contributed by atoms with E-state index in [4.69, 9.17) is 0 Å². The molecule has 1 aliphatic rings. The maximum Gasteiger partial charge on any atom is 0.226 e. The molecular formula is C10H14BrN3. The van der Waals surface area contributed by atoms with Crippen LogP contribution in [0.3, 0.4) is 0 Å². The van der Waals surface area contributed by atoms with E-state index in [0.717, 1.165) is 29.3 Å². The number of piperidine rings is 1. The van der Waals surface area contributed by atoms with Gasteiger partial charge in [-0.15, -0.1) is 0 Å². The van der Waals surface area contributed by atoms with Crippen molar-refractivity contribution in [3.8, 4) is 0 Å². The number of aryl methyl sites for hydroxylation is 1. The number of rotatable bonds is 1. The van der Waals surface area contributed by atoms with E-state index in [1.807, 2.05) is 13.0 Å². The average molecular weight is 256 g/mol. The van der Waals surface area contributed by atoms with Crippen molar-refractivity contribution in [1.82, 2.24) is 9.97 Å². The minimum Gasteiger partial charge on any atom is -0.341 e. The zero-order valence-corrected chi connectivity index (χ0v) is 9.92. The van der Waals surface area contributed by atoms with Crippen LogP contribution in [0.15, 0.2) is 10.7 Å². The van der Waals surface area contributed by atoms with Crippen LogP contribution in [0.4, 0.5) is 5.95 Å². The van der Waals surface area contributed by atoms with E-state index in [0.29, 0.717) is 0 Å². The van der Waals surface area contributed by atoms with Crippen LogP contribution in [-0.4, -0.2) is 23.1 Å². The largest absolute Gasteiger partial charge is 0.341 e. The van der Waals surface area contributed by atoms with E-state index in [-0.39, 0.29) is 0 Å². The molecule has 0 aliphatic carbocycles. The molecule has 0 bridgehead atoms. The molecule has 2 rings (SSSR count). The van der Waals surface area contributed by atoms with Crippen LogP contribution in [0, 0.1) is 6.92 Å². The summed E-state index contributed by atoms with van der Waals surface area (Å²) in [6.07, 6.45) is 3.85. The lowest BCUT2D eigenvalue weighted by atomic mass is 10.1. The number of hydrogen-bond acceptors (Lipinski definition) is 3. The molecule has 1 fully saturated rings. The third kappa shape index (κ3) is 2.23. The maximum absolute atomic E-state index is 4.44. The highest BCUT2D eigenvalue weighted by molar-refractivity contribution is 9.10. The summed E-state index contributed by atoms with van der Waals surface area (Å²) in [6, 6.07) is 1.94. The predicted octanol–water partition coefficient (Wildman–Crippen LogP) is 2.54. The van der Waals surface area contributed by atoms with Crippen molar-refractivity contribution in [2.75, 3.05) is 18.0 Å². The summed E-state index contributed by atoms with van der Waals surface area (Å²) < 4.78 is 0.880. The molecular weight excluding hydrogens is 242 g/mol. The summed E-state index contributed by atoms with van der Waals surface area (Å²) in [4.78, 5) is 11.1. The lowest BCUT2D eigenvalue weighted by Crippen LogP contribution is -2.31. The highest BCUT2D eigenvalue weighted by atomic mass is 79.9. The summed E-state index contributed by atoms with van der Waals surface area (Å²) in [6.45, 7) is 4.19. The molecule has 0 aromatic carbocycles. The molecule has 76 valence electrons. The third-order valence-electron chi connectivity index (χ3n) is 2.45. The van der Waals surface area contributed by atoms with Crippen molar-refractivity contribution in [1.29, 1.82) is 0 Å². The Labute approximate surface area is 92.7 Å². The fourth-order valence-corrected chi connectivity index (χ4v) is 2.24. The van der Waals surface area contributed by atoms with Gasteiger partial charge in [0.2, 0.25) is 5.95 Å². The lowest BCUT2D eigenvalue weighted by molar-refractivity contribution is 0.567. The van der Waals surface area contributed by atoms with Gasteiger partial charge >= 0.3 is 0 Å². The number of anilines is 1. The van der Waals surface area contributed by atoms with E-state index in [9.17, 15) is 0 Å². The first-order chi connectivity index (χ1) is 6.75. The Hall–Kier alpha value is -0.640. The first-order valence-electron chi connectivity index (χ1n) is 5.02. The normalized spacial score (nSPS) is 17.1. The van der Waals surface area contributed by atoms with Gasteiger partial charge in [-0.05, 0) is 48.2 Å². The monoisotopic (exact) mass is 255 g/mol. The van der Waals surface area contributed by atoms with E-state index in [2.05, 4.69) is 30.8 Å². The highest BCUT2D eigenvalue weighted by Gasteiger charge is 2.13. The van der Waals surface area contributed by atoms with E-state index in [1.54, 1.807) is 0 Å². The van der Waals surface area contributed by atoms with Gasteiger partial charge in [0.25, 0.3) is 0 Å². The highest BCUT2D eigenvalue weighted by Crippen LogP contribution is 2.18. The minimum absolute atomic E-state index is 0.872. The SMILES string of the molecule is Cc1cc(Br)nc(N2CCCCC2)n1. The van der Waals surface area contributed by atoms with Gasteiger partial charge in [-0.3, -0.25) is 0 Å². The Kier molecular flexibility index (Phi) is 3.01. The zero-order chi connectivity index (χ0) is 9.97. The van der Waals surface area contributed by atoms with Crippen LogP contribution in [0.2, 0.25) is 0 Å². The van der Waals surface area contributed by atoms with Crippen LogP contribution >= 0.6 is 15.9 Å². The molecule has 1 aromatic rings. The average Bonchev–Trinajstić information content (AvgIpc) is 2.18. The van der Waals surface area contributed by atoms with Gasteiger partial charge in [-0.25, -0.2) is 9.97 Å². The molecule has 1 aromatic heterocycles. The third-order valence-corrected chi connectivity index (χ3v) is 2.86. The topological polar surface area (TPSA) is 29.0 Å². The number of hydrogen-bond donors (Lipinski definition) is 0. The molecule has 14 heavy (non-hydrogen) atoms. The fraction of sp³-hybridized carbons (Fsp3) is 0.600. The summed E-state index contributed by atoms with van der Waals surface area (Å²) in [5.41, 5.74) is 1.02. The van der Waals surface area contributed by atoms with Crippen LogP contribution in [0.25, 0.3) is 0 Å². The summed E-state index contributed by atoms with van der Waals surface area (Å²) in [5.74, 6) is 0.872. The standard InChI is InChI=1S/C10H14BrN3/c1-8-7-9(11)13-10(12-8)14-5-3-2-4-6-14/h7H,2-6H2,1H3. The second kappa shape index (κ2) is 4.26. The van der Waals surface area contributed by atoms with Crippen molar-refractivity contribution < 1.29 is 0 Å². The Bertz CT molecular complexity index is 301.